The minimum Gasteiger partial charge on any atom is -0.339 e. The lowest BCUT2D eigenvalue weighted by atomic mass is 9.84. The van der Waals surface area contributed by atoms with E-state index in [0.717, 1.165) is 19.3 Å². The van der Waals surface area contributed by atoms with Crippen LogP contribution in [0.25, 0.3) is 0 Å². The summed E-state index contributed by atoms with van der Waals surface area (Å²) in [6.45, 7) is 18.3. The molecule has 0 amide bonds. The van der Waals surface area contributed by atoms with Crippen molar-refractivity contribution in [1.29, 1.82) is 0 Å². The summed E-state index contributed by atoms with van der Waals surface area (Å²) in [6, 6.07) is 6.73. The summed E-state index contributed by atoms with van der Waals surface area (Å²) in [4.78, 5) is 2.52. The first-order chi connectivity index (χ1) is 9.24. The van der Waals surface area contributed by atoms with E-state index < -0.39 is 0 Å². The molecule has 0 spiro atoms. The zero-order valence-corrected chi connectivity index (χ0v) is 14.0. The molecule has 20 heavy (non-hydrogen) atoms. The maximum atomic E-state index is 4.44. The molecule has 1 heteroatoms. The molecule has 1 aliphatic rings. The number of aryl methyl sites for hydroxylation is 2. The van der Waals surface area contributed by atoms with E-state index in [9.17, 15) is 0 Å². The molecule has 0 atom stereocenters. The zero-order chi connectivity index (χ0) is 15.1. The van der Waals surface area contributed by atoms with E-state index in [2.05, 4.69) is 71.2 Å². The number of para-hydroxylation sites is 1. The standard InChI is InChI=1S/C19H29N/c1-8-15-11-10-12-16(9-2)17(15)20-14(3)18(4,5)13-19(20,6)7/h10-12H,3,8-9,13H2,1-2,4-7H3. The van der Waals surface area contributed by atoms with Gasteiger partial charge in [0.1, 0.15) is 0 Å². The van der Waals surface area contributed by atoms with Gasteiger partial charge in [0, 0.05) is 22.3 Å². The summed E-state index contributed by atoms with van der Waals surface area (Å²) in [7, 11) is 0. The summed E-state index contributed by atoms with van der Waals surface area (Å²) >= 11 is 0. The molecule has 1 fully saturated rings. The van der Waals surface area contributed by atoms with Crippen LogP contribution in [0.5, 0.6) is 0 Å². The van der Waals surface area contributed by atoms with E-state index in [4.69, 9.17) is 0 Å². The highest BCUT2D eigenvalue weighted by atomic mass is 15.2. The van der Waals surface area contributed by atoms with Crippen LogP contribution >= 0.6 is 0 Å². The average Bonchev–Trinajstić information content (AvgIpc) is 2.53. The fraction of sp³-hybridized carbons (Fsp3) is 0.579. The van der Waals surface area contributed by atoms with Gasteiger partial charge in [-0.05, 0) is 44.2 Å². The normalized spacial score (nSPS) is 20.5. The van der Waals surface area contributed by atoms with Gasteiger partial charge in [0.15, 0.2) is 0 Å². The summed E-state index contributed by atoms with van der Waals surface area (Å²) in [5.41, 5.74) is 5.87. The van der Waals surface area contributed by atoms with Crippen molar-refractivity contribution < 1.29 is 0 Å². The van der Waals surface area contributed by atoms with Gasteiger partial charge < -0.3 is 4.90 Å². The molecule has 1 saturated heterocycles. The SMILES string of the molecule is C=C1N(c2c(CC)cccc2CC)C(C)(C)CC1(C)C. The molecule has 0 radical (unpaired) electrons. The third kappa shape index (κ3) is 2.28. The van der Waals surface area contributed by atoms with E-state index in [1.165, 1.54) is 22.5 Å². The lowest BCUT2D eigenvalue weighted by Gasteiger charge is -2.37. The third-order valence-corrected chi connectivity index (χ3v) is 4.72. The maximum Gasteiger partial charge on any atom is 0.0478 e. The second-order valence-corrected chi connectivity index (χ2v) is 7.29. The van der Waals surface area contributed by atoms with Crippen LogP contribution in [0, 0.1) is 5.41 Å². The van der Waals surface area contributed by atoms with Crippen molar-refractivity contribution in [2.24, 2.45) is 5.41 Å². The molecule has 0 N–H and O–H groups in total. The van der Waals surface area contributed by atoms with Crippen LogP contribution < -0.4 is 4.90 Å². The molecule has 0 unspecified atom stereocenters. The van der Waals surface area contributed by atoms with Crippen molar-refractivity contribution in [3.05, 3.63) is 41.6 Å². The molecule has 0 aliphatic carbocycles. The first-order valence-electron chi connectivity index (χ1n) is 7.85. The van der Waals surface area contributed by atoms with Crippen LogP contribution in [0.15, 0.2) is 30.5 Å². The van der Waals surface area contributed by atoms with Crippen LogP contribution in [0.4, 0.5) is 5.69 Å². The number of hydrogen-bond acceptors (Lipinski definition) is 1. The van der Waals surface area contributed by atoms with Gasteiger partial charge >= 0.3 is 0 Å². The van der Waals surface area contributed by atoms with Crippen molar-refractivity contribution in [3.8, 4) is 0 Å². The molecular weight excluding hydrogens is 242 g/mol. The summed E-state index contributed by atoms with van der Waals surface area (Å²) in [6.07, 6.45) is 3.30. The Morgan fingerprint density at radius 3 is 1.90 bits per heavy atom. The van der Waals surface area contributed by atoms with Crippen molar-refractivity contribution in [1.82, 2.24) is 0 Å². The van der Waals surface area contributed by atoms with Crippen molar-refractivity contribution >= 4 is 5.69 Å². The van der Waals surface area contributed by atoms with Gasteiger partial charge in [0.05, 0.1) is 0 Å². The number of allylic oxidation sites excluding steroid dienone is 1. The van der Waals surface area contributed by atoms with Crippen LogP contribution in [0.2, 0.25) is 0 Å². The van der Waals surface area contributed by atoms with E-state index in [1.807, 2.05) is 0 Å². The quantitative estimate of drug-likeness (QED) is 0.717. The van der Waals surface area contributed by atoms with Gasteiger partial charge in [-0.1, -0.05) is 52.5 Å². The van der Waals surface area contributed by atoms with E-state index in [1.54, 1.807) is 0 Å². The molecule has 1 aliphatic heterocycles. The number of rotatable bonds is 3. The summed E-state index contributed by atoms with van der Waals surface area (Å²) < 4.78 is 0. The number of benzene rings is 1. The van der Waals surface area contributed by atoms with Crippen molar-refractivity contribution in [2.75, 3.05) is 4.90 Å². The Labute approximate surface area is 124 Å². The van der Waals surface area contributed by atoms with E-state index in [-0.39, 0.29) is 11.0 Å². The smallest absolute Gasteiger partial charge is 0.0478 e. The highest BCUT2D eigenvalue weighted by molar-refractivity contribution is 5.67. The second-order valence-electron chi connectivity index (χ2n) is 7.29. The fourth-order valence-corrected chi connectivity index (χ4v) is 3.87. The Kier molecular flexibility index (Phi) is 3.75. The molecule has 0 bridgehead atoms. The average molecular weight is 271 g/mol. The Balaban J connectivity index is 2.64. The minimum atomic E-state index is 0.135. The maximum absolute atomic E-state index is 4.44. The van der Waals surface area contributed by atoms with Gasteiger partial charge in [-0.25, -0.2) is 0 Å². The largest absolute Gasteiger partial charge is 0.339 e. The van der Waals surface area contributed by atoms with Crippen LogP contribution in [0.1, 0.15) is 59.1 Å². The van der Waals surface area contributed by atoms with E-state index >= 15 is 0 Å². The monoisotopic (exact) mass is 271 g/mol. The predicted molar refractivity (Wildman–Crippen MR) is 89.3 cm³/mol. The number of nitrogens with zero attached hydrogens (tertiary/aromatic N) is 1. The van der Waals surface area contributed by atoms with Crippen LogP contribution in [-0.2, 0) is 12.8 Å². The molecule has 0 saturated carbocycles. The Morgan fingerprint density at radius 1 is 1.05 bits per heavy atom. The Bertz CT molecular complexity index is 500. The summed E-state index contributed by atoms with van der Waals surface area (Å²) in [5, 5.41) is 0. The summed E-state index contributed by atoms with van der Waals surface area (Å²) in [5.74, 6) is 0. The predicted octanol–water partition coefficient (Wildman–Crippen LogP) is 5.34. The zero-order valence-electron chi connectivity index (χ0n) is 14.0. The van der Waals surface area contributed by atoms with Gasteiger partial charge in [-0.15, -0.1) is 0 Å². The first-order valence-corrected chi connectivity index (χ1v) is 7.85. The second kappa shape index (κ2) is 4.95. The minimum absolute atomic E-state index is 0.135. The molecule has 2 rings (SSSR count). The Hall–Kier alpha value is -1.24. The molecule has 1 nitrogen and oxygen atoms in total. The molecular formula is C19H29N. The van der Waals surface area contributed by atoms with Crippen molar-refractivity contribution in [3.63, 3.8) is 0 Å². The topological polar surface area (TPSA) is 3.24 Å². The van der Waals surface area contributed by atoms with Crippen molar-refractivity contribution in [2.45, 2.75) is 66.3 Å². The highest BCUT2D eigenvalue weighted by Gasteiger charge is 2.47. The molecule has 1 aromatic carbocycles. The van der Waals surface area contributed by atoms with Gasteiger partial charge in [-0.2, -0.15) is 0 Å². The molecule has 1 heterocycles. The lowest BCUT2D eigenvalue weighted by Crippen LogP contribution is -2.38. The number of anilines is 1. The van der Waals surface area contributed by atoms with Gasteiger partial charge in [0.2, 0.25) is 0 Å². The first kappa shape index (κ1) is 15.2. The Morgan fingerprint density at radius 2 is 1.55 bits per heavy atom. The fourth-order valence-electron chi connectivity index (χ4n) is 3.87. The third-order valence-electron chi connectivity index (χ3n) is 4.72. The van der Waals surface area contributed by atoms with E-state index in [0.29, 0.717) is 0 Å². The highest BCUT2D eigenvalue weighted by Crippen LogP contribution is 2.51. The van der Waals surface area contributed by atoms with Gasteiger partial charge in [-0.3, -0.25) is 0 Å². The number of hydrogen-bond donors (Lipinski definition) is 0. The molecule has 1 aromatic rings. The van der Waals surface area contributed by atoms with Gasteiger partial charge in [0.25, 0.3) is 0 Å². The molecule has 110 valence electrons. The van der Waals surface area contributed by atoms with Crippen LogP contribution in [0.3, 0.4) is 0 Å². The van der Waals surface area contributed by atoms with Crippen LogP contribution in [-0.4, -0.2) is 5.54 Å². The lowest BCUT2D eigenvalue weighted by molar-refractivity contribution is 0.391. The molecule has 0 aromatic heterocycles.